The molecule has 0 spiro atoms. The molecule has 1 aromatic carbocycles. The third kappa shape index (κ3) is 4.43. The van der Waals surface area contributed by atoms with Crippen LogP contribution in [0.5, 0.6) is 11.5 Å². The summed E-state index contributed by atoms with van der Waals surface area (Å²) >= 11 is 0. The first kappa shape index (κ1) is 23.9. The minimum atomic E-state index is -0.868. The quantitative estimate of drug-likeness (QED) is 0.582. The molecule has 0 radical (unpaired) electrons. The zero-order valence-corrected chi connectivity index (χ0v) is 20.4. The maximum Gasteiger partial charge on any atom is 0.324 e. The number of pyridine rings is 1. The van der Waals surface area contributed by atoms with Gasteiger partial charge in [0.25, 0.3) is 11.5 Å². The molecule has 2 bridgehead atoms. The number of fused-ring (bicyclic) bond motifs is 4. The molecule has 3 aliphatic heterocycles. The zero-order chi connectivity index (χ0) is 25.4. The van der Waals surface area contributed by atoms with Gasteiger partial charge in [0.15, 0.2) is 11.5 Å². The maximum atomic E-state index is 13.1. The molecule has 10 nitrogen and oxygen atoms in total. The third-order valence-electron chi connectivity index (χ3n) is 7.39. The van der Waals surface area contributed by atoms with Gasteiger partial charge in [0.05, 0.1) is 20.6 Å². The van der Waals surface area contributed by atoms with Crippen LogP contribution in [-0.4, -0.2) is 72.1 Å². The third-order valence-corrected chi connectivity index (χ3v) is 7.39. The van der Waals surface area contributed by atoms with Gasteiger partial charge in [-0.1, -0.05) is 12.1 Å². The van der Waals surface area contributed by atoms with E-state index in [2.05, 4.69) is 5.32 Å². The van der Waals surface area contributed by atoms with E-state index in [4.69, 9.17) is 9.47 Å². The Morgan fingerprint density at radius 2 is 1.83 bits per heavy atom. The maximum absolute atomic E-state index is 13.1. The number of piperidine rings is 1. The van der Waals surface area contributed by atoms with E-state index in [0.717, 1.165) is 17.7 Å². The number of urea groups is 1. The Morgan fingerprint density at radius 1 is 1.03 bits per heavy atom. The van der Waals surface area contributed by atoms with Crippen LogP contribution in [-0.2, 0) is 22.6 Å². The average Bonchev–Trinajstić information content (AvgIpc) is 3.14. The summed E-state index contributed by atoms with van der Waals surface area (Å²) < 4.78 is 12.4. The highest BCUT2D eigenvalue weighted by Crippen LogP contribution is 2.35. The fourth-order valence-corrected chi connectivity index (χ4v) is 5.61. The molecule has 10 heteroatoms. The smallest absolute Gasteiger partial charge is 0.324 e. The number of likely N-dealkylation sites (tertiary alicyclic amines) is 1. The summed E-state index contributed by atoms with van der Waals surface area (Å²) in [6.07, 6.45) is 1.32. The van der Waals surface area contributed by atoms with E-state index < -0.39 is 12.1 Å². The molecule has 5 rings (SSSR count). The Morgan fingerprint density at radius 3 is 2.61 bits per heavy atom. The number of methoxy groups -OCH3 is 2. The highest BCUT2D eigenvalue weighted by molar-refractivity contribution is 6.05. The van der Waals surface area contributed by atoms with Gasteiger partial charge < -0.3 is 24.3 Å². The molecule has 4 amide bonds. The molecule has 2 aromatic rings. The molecule has 190 valence electrons. The molecule has 0 unspecified atom stereocenters. The van der Waals surface area contributed by atoms with Crippen LogP contribution in [0, 0.1) is 5.92 Å². The molecule has 3 aliphatic rings. The number of hydrogen-bond acceptors (Lipinski definition) is 6. The Labute approximate surface area is 208 Å². The Bertz CT molecular complexity index is 1260. The molecule has 1 N–H and O–H groups in total. The summed E-state index contributed by atoms with van der Waals surface area (Å²) in [5, 5.41) is 2.67. The summed E-state index contributed by atoms with van der Waals surface area (Å²) in [7, 11) is 3.11. The number of imide groups is 1. The largest absolute Gasteiger partial charge is 0.493 e. The summed E-state index contributed by atoms with van der Waals surface area (Å²) in [4.78, 5) is 53.8. The van der Waals surface area contributed by atoms with Crippen molar-refractivity contribution in [3.8, 4) is 11.5 Å². The summed E-state index contributed by atoms with van der Waals surface area (Å²) in [6, 6.07) is 9.39. The van der Waals surface area contributed by atoms with Gasteiger partial charge in [0, 0.05) is 43.9 Å². The Kier molecular flexibility index (Phi) is 6.42. The van der Waals surface area contributed by atoms with E-state index in [1.807, 2.05) is 22.8 Å². The predicted molar refractivity (Wildman–Crippen MR) is 130 cm³/mol. The molecule has 4 heterocycles. The number of amides is 4. The van der Waals surface area contributed by atoms with Crippen molar-refractivity contribution in [1.82, 2.24) is 19.7 Å². The van der Waals surface area contributed by atoms with Crippen molar-refractivity contribution in [2.75, 3.05) is 33.9 Å². The Balaban J connectivity index is 1.20. The highest BCUT2D eigenvalue weighted by Gasteiger charge is 2.41. The van der Waals surface area contributed by atoms with Crippen molar-refractivity contribution in [3.05, 3.63) is 58.0 Å². The summed E-state index contributed by atoms with van der Waals surface area (Å²) in [6.45, 7) is 1.85. The topological polar surface area (TPSA) is 110 Å². The lowest BCUT2D eigenvalue weighted by atomic mass is 9.83. The summed E-state index contributed by atoms with van der Waals surface area (Å²) in [5.74, 6) is 0.941. The van der Waals surface area contributed by atoms with E-state index >= 15 is 0 Å². The van der Waals surface area contributed by atoms with E-state index in [0.29, 0.717) is 37.6 Å². The van der Waals surface area contributed by atoms with Crippen molar-refractivity contribution >= 4 is 17.8 Å². The predicted octanol–water partition coefficient (Wildman–Crippen LogP) is 1.36. The summed E-state index contributed by atoms with van der Waals surface area (Å²) in [5.41, 5.74) is 1.85. The van der Waals surface area contributed by atoms with Gasteiger partial charge in [-0.3, -0.25) is 19.3 Å². The molecule has 0 saturated carbocycles. The van der Waals surface area contributed by atoms with Crippen LogP contribution in [0.15, 0.2) is 41.2 Å². The van der Waals surface area contributed by atoms with Crippen molar-refractivity contribution < 1.29 is 23.9 Å². The van der Waals surface area contributed by atoms with Gasteiger partial charge in [-0.2, -0.15) is 0 Å². The van der Waals surface area contributed by atoms with Crippen LogP contribution in [0.3, 0.4) is 0 Å². The molecule has 1 aromatic heterocycles. The van der Waals surface area contributed by atoms with Crippen LogP contribution in [0.1, 0.15) is 30.0 Å². The number of ether oxygens (including phenoxy) is 2. The van der Waals surface area contributed by atoms with Crippen LogP contribution in [0.2, 0.25) is 0 Å². The monoisotopic (exact) mass is 494 g/mol. The first-order valence-electron chi connectivity index (χ1n) is 12.2. The van der Waals surface area contributed by atoms with Crippen molar-refractivity contribution in [1.29, 1.82) is 0 Å². The van der Waals surface area contributed by atoms with Gasteiger partial charge in [0.1, 0.15) is 6.04 Å². The second-order valence-corrected chi connectivity index (χ2v) is 9.63. The van der Waals surface area contributed by atoms with Crippen molar-refractivity contribution in [3.63, 3.8) is 0 Å². The van der Waals surface area contributed by atoms with E-state index in [9.17, 15) is 19.2 Å². The van der Waals surface area contributed by atoms with Crippen LogP contribution in [0.25, 0.3) is 0 Å². The minimum Gasteiger partial charge on any atom is -0.493 e. The lowest BCUT2D eigenvalue weighted by molar-refractivity contribution is -0.137. The number of carbonyl (C=O) groups excluding carboxylic acids is 3. The molecular weight excluding hydrogens is 464 g/mol. The molecule has 2 fully saturated rings. The van der Waals surface area contributed by atoms with Gasteiger partial charge in [-0.25, -0.2) is 4.79 Å². The fraction of sp³-hybridized carbons (Fsp3) is 0.462. The zero-order valence-electron chi connectivity index (χ0n) is 20.4. The van der Waals surface area contributed by atoms with Gasteiger partial charge in [-0.05, 0) is 42.5 Å². The fourth-order valence-electron chi connectivity index (χ4n) is 5.61. The minimum absolute atomic E-state index is 0.00517. The van der Waals surface area contributed by atoms with Gasteiger partial charge >= 0.3 is 6.03 Å². The second kappa shape index (κ2) is 9.67. The number of benzene rings is 1. The van der Waals surface area contributed by atoms with E-state index in [1.165, 1.54) is 4.90 Å². The van der Waals surface area contributed by atoms with Crippen LogP contribution >= 0.6 is 0 Å². The lowest BCUT2D eigenvalue weighted by Crippen LogP contribution is -2.50. The first-order valence-corrected chi connectivity index (χ1v) is 12.2. The average molecular weight is 495 g/mol. The van der Waals surface area contributed by atoms with Gasteiger partial charge in [0.2, 0.25) is 5.91 Å². The number of nitrogens with one attached hydrogen (secondary N) is 1. The van der Waals surface area contributed by atoms with E-state index in [-0.39, 0.29) is 42.2 Å². The van der Waals surface area contributed by atoms with Crippen LogP contribution < -0.4 is 20.3 Å². The second-order valence-electron chi connectivity index (χ2n) is 9.63. The van der Waals surface area contributed by atoms with Crippen molar-refractivity contribution in [2.45, 2.75) is 37.8 Å². The molecule has 3 atom stereocenters. The van der Waals surface area contributed by atoms with E-state index in [1.54, 1.807) is 37.3 Å². The van der Waals surface area contributed by atoms with Crippen molar-refractivity contribution in [2.24, 2.45) is 5.92 Å². The van der Waals surface area contributed by atoms with Crippen LogP contribution in [0.4, 0.5) is 4.79 Å². The molecule has 2 saturated heterocycles. The first-order chi connectivity index (χ1) is 17.4. The lowest BCUT2D eigenvalue weighted by Gasteiger charge is -2.43. The SMILES string of the molecule is COc1ccc(CCN2C(=O)N[C@H](CC(=O)N3C[C@H]4C[C@@H](C3)c3cccc(=O)n3C4)C2=O)cc1OC. The molecule has 0 aliphatic carbocycles. The highest BCUT2D eigenvalue weighted by atomic mass is 16.5. The number of rotatable bonds is 7. The molecule has 36 heavy (non-hydrogen) atoms. The number of hydrogen-bond donors (Lipinski definition) is 1. The molecular formula is C26H30N4O6. The number of carbonyl (C=O) groups is 3. The number of nitrogens with zero attached hydrogens (tertiary/aromatic N) is 3. The normalized spacial score (nSPS) is 22.8. The Hall–Kier alpha value is -3.82. The van der Waals surface area contributed by atoms with Gasteiger partial charge in [-0.15, -0.1) is 0 Å². The number of aromatic nitrogens is 1. The standard InChI is InChI=1S/C26H30N4O6/c1-35-21-7-6-16(11-22(21)36-2)8-9-29-25(33)19(27-26(29)34)12-24(32)28-13-17-10-18(15-28)20-4-3-5-23(31)30(20)14-17/h3-7,11,17-19H,8-10,12-15H2,1-2H3,(H,27,34)/t17-,18+,19-/m1/s1.